The summed E-state index contributed by atoms with van der Waals surface area (Å²) in [5.74, 6) is -1.11. The van der Waals surface area contributed by atoms with E-state index in [-0.39, 0.29) is 36.4 Å². The first-order valence-electron chi connectivity index (χ1n) is 10.5. The first kappa shape index (κ1) is 23.1. The summed E-state index contributed by atoms with van der Waals surface area (Å²) in [6.45, 7) is 0. The lowest BCUT2D eigenvalue weighted by atomic mass is 10.0. The van der Waals surface area contributed by atoms with E-state index in [4.69, 9.17) is 4.52 Å². The first-order chi connectivity index (χ1) is 16.7. The molecule has 0 atom stereocenters. The molecule has 1 fully saturated rings. The number of nitrogens with one attached hydrogen (secondary N) is 1. The minimum Gasteiger partial charge on any atom is -0.358 e. The summed E-state index contributed by atoms with van der Waals surface area (Å²) in [5.41, 5.74) is 0.968. The van der Waals surface area contributed by atoms with Gasteiger partial charge in [0.1, 0.15) is 17.1 Å². The smallest absolute Gasteiger partial charge is 0.358 e. The van der Waals surface area contributed by atoms with Crippen molar-refractivity contribution in [2.24, 2.45) is 0 Å². The number of carbonyl (C=O) groups excluding carboxylic acids is 1. The highest BCUT2D eigenvalue weighted by atomic mass is 32.1. The second-order valence-corrected chi connectivity index (χ2v) is 9.19. The maximum absolute atomic E-state index is 14.7. The van der Waals surface area contributed by atoms with Gasteiger partial charge in [-0.2, -0.15) is 13.2 Å². The second kappa shape index (κ2) is 8.84. The van der Waals surface area contributed by atoms with Crippen LogP contribution in [0.25, 0.3) is 11.1 Å². The highest BCUT2D eigenvalue weighted by molar-refractivity contribution is 7.09. The highest BCUT2D eigenvalue weighted by Gasteiger charge is 2.66. The van der Waals surface area contributed by atoms with E-state index in [1.165, 1.54) is 23.5 Å². The Morgan fingerprint density at radius 2 is 1.89 bits per heavy atom. The number of halogens is 4. The van der Waals surface area contributed by atoms with Gasteiger partial charge in [0.05, 0.1) is 11.9 Å². The topological polar surface area (TPSA) is 93.8 Å². The van der Waals surface area contributed by atoms with E-state index in [1.807, 2.05) is 0 Å². The van der Waals surface area contributed by atoms with E-state index in [0.717, 1.165) is 10.9 Å². The zero-order valence-corrected chi connectivity index (χ0v) is 18.8. The van der Waals surface area contributed by atoms with Crippen LogP contribution in [0.1, 0.15) is 34.9 Å². The fourth-order valence-corrected chi connectivity index (χ4v) is 4.26. The predicted octanol–water partition coefficient (Wildman–Crippen LogP) is 5.09. The van der Waals surface area contributed by atoms with Crippen molar-refractivity contribution in [1.29, 1.82) is 0 Å². The summed E-state index contributed by atoms with van der Waals surface area (Å²) in [6, 6.07) is 5.45. The van der Waals surface area contributed by atoms with Crippen molar-refractivity contribution in [2.75, 3.05) is 5.32 Å². The van der Waals surface area contributed by atoms with Crippen LogP contribution in [0.5, 0.6) is 0 Å². The molecule has 5 rings (SSSR count). The molecule has 1 saturated carbocycles. The van der Waals surface area contributed by atoms with Crippen molar-refractivity contribution in [2.45, 2.75) is 37.3 Å². The van der Waals surface area contributed by atoms with Crippen LogP contribution in [0.2, 0.25) is 0 Å². The maximum Gasteiger partial charge on any atom is 0.401 e. The van der Waals surface area contributed by atoms with Gasteiger partial charge in [-0.15, -0.1) is 11.3 Å². The lowest BCUT2D eigenvalue weighted by Gasteiger charge is -2.14. The van der Waals surface area contributed by atoms with Crippen molar-refractivity contribution in [3.05, 3.63) is 76.2 Å². The Morgan fingerprint density at radius 1 is 1.11 bits per heavy atom. The fraction of sp³-hybridized carbons (Fsp3) is 0.261. The summed E-state index contributed by atoms with van der Waals surface area (Å²) in [7, 11) is 0. The van der Waals surface area contributed by atoms with Crippen LogP contribution in [0.3, 0.4) is 0 Å². The van der Waals surface area contributed by atoms with E-state index in [1.54, 1.807) is 30.2 Å². The molecule has 1 aliphatic rings. The maximum atomic E-state index is 14.7. The van der Waals surface area contributed by atoms with Gasteiger partial charge >= 0.3 is 6.18 Å². The number of benzene rings is 1. The van der Waals surface area contributed by atoms with Gasteiger partial charge in [0.15, 0.2) is 11.6 Å². The molecule has 0 bridgehead atoms. The molecular weight excluding hydrogens is 486 g/mol. The van der Waals surface area contributed by atoms with Crippen molar-refractivity contribution in [3.8, 4) is 11.1 Å². The first-order valence-corrected chi connectivity index (χ1v) is 11.4. The summed E-state index contributed by atoms with van der Waals surface area (Å²) in [5, 5.41) is 5.87. The van der Waals surface area contributed by atoms with Gasteiger partial charge < -0.3 is 9.84 Å². The van der Waals surface area contributed by atoms with E-state index in [2.05, 4.69) is 25.4 Å². The predicted molar refractivity (Wildman–Crippen MR) is 118 cm³/mol. The number of alkyl halides is 3. The van der Waals surface area contributed by atoms with Gasteiger partial charge in [0.2, 0.25) is 5.91 Å². The number of rotatable bonds is 7. The average molecular weight is 503 g/mol. The van der Waals surface area contributed by atoms with E-state index in [0.29, 0.717) is 23.4 Å². The number of anilines is 1. The molecule has 180 valence electrons. The van der Waals surface area contributed by atoms with Crippen molar-refractivity contribution >= 4 is 23.1 Å². The molecule has 4 aromatic rings. The molecule has 0 radical (unpaired) electrons. The Labute approximate surface area is 200 Å². The molecule has 1 amide bonds. The molecule has 3 heterocycles. The number of hydrogen-bond acceptors (Lipinski definition) is 7. The lowest BCUT2D eigenvalue weighted by molar-refractivity contribution is -0.165. The van der Waals surface area contributed by atoms with Crippen LogP contribution in [0, 0.1) is 5.82 Å². The van der Waals surface area contributed by atoms with Crippen LogP contribution in [0.15, 0.2) is 52.9 Å². The molecule has 7 nitrogen and oxygen atoms in total. The molecule has 1 aromatic carbocycles. The molecule has 0 spiro atoms. The number of aromatic nitrogens is 4. The zero-order chi connectivity index (χ0) is 24.6. The summed E-state index contributed by atoms with van der Waals surface area (Å²) >= 11 is 1.51. The normalized spacial score (nSPS) is 14.6. The van der Waals surface area contributed by atoms with Crippen LogP contribution >= 0.6 is 11.3 Å². The van der Waals surface area contributed by atoms with Crippen molar-refractivity contribution in [1.82, 2.24) is 20.1 Å². The lowest BCUT2D eigenvalue weighted by Crippen LogP contribution is -2.28. The van der Waals surface area contributed by atoms with Crippen molar-refractivity contribution < 1.29 is 26.9 Å². The van der Waals surface area contributed by atoms with E-state index < -0.39 is 23.3 Å². The molecule has 12 heteroatoms. The number of thiazole rings is 1. The molecule has 0 unspecified atom stereocenters. The largest absolute Gasteiger partial charge is 0.401 e. The monoisotopic (exact) mass is 503 g/mol. The summed E-state index contributed by atoms with van der Waals surface area (Å²) in [4.78, 5) is 26.0. The van der Waals surface area contributed by atoms with Gasteiger partial charge in [-0.3, -0.25) is 9.78 Å². The van der Waals surface area contributed by atoms with Gasteiger partial charge in [0.25, 0.3) is 0 Å². The Morgan fingerprint density at radius 3 is 2.51 bits per heavy atom. The van der Waals surface area contributed by atoms with Gasteiger partial charge in [-0.1, -0.05) is 17.3 Å². The zero-order valence-electron chi connectivity index (χ0n) is 18.0. The molecule has 1 N–H and O–H groups in total. The molecule has 35 heavy (non-hydrogen) atoms. The van der Waals surface area contributed by atoms with Gasteiger partial charge in [0, 0.05) is 41.5 Å². The number of amides is 1. The van der Waals surface area contributed by atoms with Crippen LogP contribution in [0.4, 0.5) is 23.4 Å². The van der Waals surface area contributed by atoms with Crippen LogP contribution in [-0.2, 0) is 23.1 Å². The van der Waals surface area contributed by atoms with Crippen LogP contribution < -0.4 is 5.32 Å². The van der Waals surface area contributed by atoms with Gasteiger partial charge in [-0.25, -0.2) is 14.4 Å². The minimum absolute atomic E-state index is 0.0868. The molecule has 0 saturated heterocycles. The third-order valence-corrected chi connectivity index (χ3v) is 6.58. The summed E-state index contributed by atoms with van der Waals surface area (Å²) in [6.07, 6.45) is 0.541. The van der Waals surface area contributed by atoms with E-state index >= 15 is 0 Å². The summed E-state index contributed by atoms with van der Waals surface area (Å²) < 4.78 is 59.1. The van der Waals surface area contributed by atoms with Crippen molar-refractivity contribution in [3.63, 3.8) is 0 Å². The average Bonchev–Trinajstić information content (AvgIpc) is 3.25. The van der Waals surface area contributed by atoms with E-state index in [9.17, 15) is 22.4 Å². The quantitative estimate of drug-likeness (QED) is 0.353. The third-order valence-electron chi connectivity index (χ3n) is 5.80. The number of carbonyl (C=O) groups is 1. The SMILES string of the molecule is O=C(Cc1ccc(-c2cnc(Cc3cncs3)nc2)cc1F)Nc1cc(C2(C(F)(F)F)CC2)on1. The van der Waals surface area contributed by atoms with Gasteiger partial charge in [-0.05, 0) is 30.0 Å². The molecule has 3 aromatic heterocycles. The molecule has 0 aliphatic heterocycles. The second-order valence-electron chi connectivity index (χ2n) is 8.22. The number of hydrogen-bond donors (Lipinski definition) is 1. The number of nitrogens with zero attached hydrogens (tertiary/aromatic N) is 4. The Hall–Kier alpha value is -3.67. The highest BCUT2D eigenvalue weighted by Crippen LogP contribution is 2.59. The molecule has 1 aliphatic carbocycles. The standard InChI is InChI=1S/C23H17F4N5O2S/c24-17-5-13(15-9-29-19(30-10-15)7-16-11-28-12-35-16)1-2-14(17)6-21(33)31-20-8-18(34-32-20)22(3-4-22)23(25,26)27/h1-2,5,8-12H,3-4,6-7H2,(H,31,32,33). The third kappa shape index (κ3) is 4.78. The Balaban J connectivity index is 1.22. The molecular formula is C23H17F4N5O2S. The Bertz CT molecular complexity index is 1350. The fourth-order valence-electron chi connectivity index (χ4n) is 3.66. The Kier molecular flexibility index (Phi) is 5.83. The van der Waals surface area contributed by atoms with Crippen LogP contribution in [-0.4, -0.2) is 32.2 Å². The minimum atomic E-state index is -4.45.